The zero-order valence-corrected chi connectivity index (χ0v) is 13.9. The summed E-state index contributed by atoms with van der Waals surface area (Å²) >= 11 is 0. The molecule has 1 atom stereocenters. The summed E-state index contributed by atoms with van der Waals surface area (Å²) in [7, 11) is -3.20. The summed E-state index contributed by atoms with van der Waals surface area (Å²) in [5.41, 5.74) is 1.36. The van der Waals surface area contributed by atoms with Gasteiger partial charge in [0, 0.05) is 6.92 Å². The van der Waals surface area contributed by atoms with Crippen molar-refractivity contribution in [1.82, 2.24) is 5.32 Å². The number of benzene rings is 1. The molecule has 0 saturated heterocycles. The van der Waals surface area contributed by atoms with Gasteiger partial charge in [-0.25, -0.2) is 0 Å². The monoisotopic (exact) mass is 324 g/mol. The molecule has 6 nitrogen and oxygen atoms in total. The fourth-order valence-electron chi connectivity index (χ4n) is 2.01. The predicted octanol–water partition coefficient (Wildman–Crippen LogP) is 3.15. The summed E-state index contributed by atoms with van der Waals surface area (Å²) in [6, 6.07) is 8.29. The van der Waals surface area contributed by atoms with Crippen molar-refractivity contribution in [1.29, 1.82) is 5.26 Å². The van der Waals surface area contributed by atoms with Crippen LogP contribution in [0.2, 0.25) is 0 Å². The fourth-order valence-corrected chi connectivity index (χ4v) is 3.70. The van der Waals surface area contributed by atoms with Crippen LogP contribution in [-0.2, 0) is 24.6 Å². The largest absolute Gasteiger partial charge is 0.337 e. The molecule has 0 radical (unpaired) electrons. The van der Waals surface area contributed by atoms with Gasteiger partial charge in [-0.05, 0) is 25.0 Å². The van der Waals surface area contributed by atoms with Gasteiger partial charge in [-0.1, -0.05) is 24.3 Å². The Bertz CT molecular complexity index is 587. The lowest BCUT2D eigenvalue weighted by Crippen LogP contribution is -2.24. The van der Waals surface area contributed by atoms with E-state index in [-0.39, 0.29) is 12.1 Å². The maximum Gasteiger partial charge on any atom is 0.335 e. The molecule has 1 aromatic rings. The van der Waals surface area contributed by atoms with Crippen LogP contribution in [0, 0.1) is 11.3 Å². The Morgan fingerprint density at radius 3 is 2.50 bits per heavy atom. The molecule has 0 aliphatic heterocycles. The molecule has 1 amide bonds. The van der Waals surface area contributed by atoms with Crippen LogP contribution in [0.4, 0.5) is 0 Å². The minimum atomic E-state index is -3.20. The quantitative estimate of drug-likeness (QED) is 0.742. The summed E-state index contributed by atoms with van der Waals surface area (Å²) in [6.45, 7) is 5.45. The van der Waals surface area contributed by atoms with Crippen LogP contribution in [0.5, 0.6) is 0 Å². The smallest absolute Gasteiger partial charge is 0.335 e. The zero-order valence-electron chi connectivity index (χ0n) is 13.0. The van der Waals surface area contributed by atoms with E-state index in [0.29, 0.717) is 18.8 Å². The van der Waals surface area contributed by atoms with Crippen LogP contribution in [0.25, 0.3) is 0 Å². The minimum absolute atomic E-state index is 0.126. The van der Waals surface area contributed by atoms with Crippen molar-refractivity contribution in [2.24, 2.45) is 0 Å². The minimum Gasteiger partial charge on any atom is -0.337 e. The van der Waals surface area contributed by atoms with Crippen LogP contribution in [0.15, 0.2) is 24.3 Å². The number of carbonyl (C=O) groups excluding carboxylic acids is 1. The third-order valence-electron chi connectivity index (χ3n) is 2.79. The van der Waals surface area contributed by atoms with Crippen molar-refractivity contribution in [2.45, 2.75) is 33.0 Å². The molecule has 0 fully saturated rings. The number of nitriles is 1. The molecular formula is C15H21N2O4P. The number of nitrogens with zero attached hydrogens (tertiary/aromatic N) is 1. The molecule has 1 unspecified atom stereocenters. The van der Waals surface area contributed by atoms with E-state index in [1.54, 1.807) is 38.1 Å². The first-order chi connectivity index (χ1) is 10.4. The summed E-state index contributed by atoms with van der Waals surface area (Å²) in [5, 5.41) is 11.7. The normalized spacial score (nSPS) is 12.5. The van der Waals surface area contributed by atoms with E-state index in [1.807, 2.05) is 6.07 Å². The maximum absolute atomic E-state index is 12.5. The molecule has 0 bridgehead atoms. The lowest BCUT2D eigenvalue weighted by atomic mass is 10.1. The second kappa shape index (κ2) is 8.70. The van der Waals surface area contributed by atoms with Crippen LogP contribution >= 0.6 is 7.60 Å². The van der Waals surface area contributed by atoms with Gasteiger partial charge < -0.3 is 14.4 Å². The Morgan fingerprint density at radius 1 is 1.36 bits per heavy atom. The fraction of sp³-hybridized carbons (Fsp3) is 0.467. The molecule has 1 aromatic carbocycles. The van der Waals surface area contributed by atoms with Crippen molar-refractivity contribution < 1.29 is 18.4 Å². The molecule has 0 saturated carbocycles. The second-order valence-corrected chi connectivity index (χ2v) is 6.67. The second-order valence-electron chi connectivity index (χ2n) is 4.61. The lowest BCUT2D eigenvalue weighted by molar-refractivity contribution is -0.119. The van der Waals surface area contributed by atoms with Gasteiger partial charge in [0.1, 0.15) is 6.04 Å². The van der Waals surface area contributed by atoms with Gasteiger partial charge >= 0.3 is 7.60 Å². The average Bonchev–Trinajstić information content (AvgIpc) is 2.45. The Hall–Kier alpha value is -1.67. The Morgan fingerprint density at radius 2 is 2.00 bits per heavy atom. The van der Waals surface area contributed by atoms with Crippen LogP contribution in [0.1, 0.15) is 37.9 Å². The number of rotatable bonds is 8. The summed E-state index contributed by atoms with van der Waals surface area (Å²) in [6.07, 6.45) is 0.126. The van der Waals surface area contributed by atoms with Crippen LogP contribution < -0.4 is 5.32 Å². The summed E-state index contributed by atoms with van der Waals surface area (Å²) < 4.78 is 23.1. The third kappa shape index (κ3) is 5.61. The van der Waals surface area contributed by atoms with Crippen molar-refractivity contribution in [3.63, 3.8) is 0 Å². The van der Waals surface area contributed by atoms with E-state index in [1.165, 1.54) is 6.92 Å². The highest BCUT2D eigenvalue weighted by Gasteiger charge is 2.24. The molecular weight excluding hydrogens is 303 g/mol. The first-order valence-corrected chi connectivity index (χ1v) is 8.80. The molecule has 1 N–H and O–H groups in total. The van der Waals surface area contributed by atoms with Gasteiger partial charge in [-0.15, -0.1) is 0 Å². The molecule has 0 heterocycles. The summed E-state index contributed by atoms with van der Waals surface area (Å²) in [5.74, 6) is -0.286. The number of amides is 1. The Kier molecular flexibility index (Phi) is 7.26. The third-order valence-corrected chi connectivity index (χ3v) is 4.84. The lowest BCUT2D eigenvalue weighted by Gasteiger charge is -2.18. The first-order valence-electron chi connectivity index (χ1n) is 7.07. The SMILES string of the molecule is CCOP(=O)(Cc1cccc(C(C#N)NC(C)=O)c1)OCC. The maximum atomic E-state index is 12.5. The van der Waals surface area contributed by atoms with Gasteiger partial charge in [0.25, 0.3) is 0 Å². The Labute approximate surface area is 131 Å². The van der Waals surface area contributed by atoms with Crippen LogP contribution in [-0.4, -0.2) is 19.1 Å². The van der Waals surface area contributed by atoms with Gasteiger partial charge in [0.05, 0.1) is 25.4 Å². The van der Waals surface area contributed by atoms with Gasteiger partial charge in [-0.3, -0.25) is 9.36 Å². The van der Waals surface area contributed by atoms with E-state index in [2.05, 4.69) is 5.32 Å². The number of carbonyl (C=O) groups is 1. The highest BCUT2D eigenvalue weighted by Crippen LogP contribution is 2.51. The van der Waals surface area contributed by atoms with E-state index < -0.39 is 13.6 Å². The van der Waals surface area contributed by atoms with E-state index >= 15 is 0 Å². The molecule has 7 heteroatoms. The molecule has 0 aliphatic rings. The Balaban J connectivity index is 2.98. The topological polar surface area (TPSA) is 88.4 Å². The number of hydrogen-bond donors (Lipinski definition) is 1. The molecule has 0 spiro atoms. The highest BCUT2D eigenvalue weighted by atomic mass is 31.2. The standard InChI is InChI=1S/C15H21N2O4P/c1-4-20-22(19,21-5-2)11-13-7-6-8-14(9-13)15(10-16)17-12(3)18/h6-9,15H,4-5,11H2,1-3H3,(H,17,18). The average molecular weight is 324 g/mol. The van der Waals surface area contributed by atoms with E-state index in [4.69, 9.17) is 14.3 Å². The molecule has 0 aliphatic carbocycles. The molecule has 22 heavy (non-hydrogen) atoms. The van der Waals surface area contributed by atoms with E-state index in [9.17, 15) is 9.36 Å². The molecule has 0 aromatic heterocycles. The number of nitrogens with one attached hydrogen (secondary N) is 1. The summed E-state index contributed by atoms with van der Waals surface area (Å²) in [4.78, 5) is 11.1. The predicted molar refractivity (Wildman–Crippen MR) is 83.2 cm³/mol. The zero-order chi connectivity index (χ0) is 16.6. The van der Waals surface area contributed by atoms with Crippen molar-refractivity contribution >= 4 is 13.5 Å². The molecule has 1 rings (SSSR count). The van der Waals surface area contributed by atoms with Crippen molar-refractivity contribution in [2.75, 3.05) is 13.2 Å². The van der Waals surface area contributed by atoms with Crippen molar-refractivity contribution in [3.8, 4) is 6.07 Å². The van der Waals surface area contributed by atoms with Gasteiger partial charge in [0.2, 0.25) is 5.91 Å². The van der Waals surface area contributed by atoms with Crippen molar-refractivity contribution in [3.05, 3.63) is 35.4 Å². The first kappa shape index (κ1) is 18.4. The number of hydrogen-bond acceptors (Lipinski definition) is 5. The van der Waals surface area contributed by atoms with Crippen LogP contribution in [0.3, 0.4) is 0 Å². The molecule has 120 valence electrons. The van der Waals surface area contributed by atoms with E-state index in [0.717, 1.165) is 5.56 Å². The van der Waals surface area contributed by atoms with Gasteiger partial charge in [0.15, 0.2) is 0 Å². The highest BCUT2D eigenvalue weighted by molar-refractivity contribution is 7.53. The van der Waals surface area contributed by atoms with Gasteiger partial charge in [-0.2, -0.15) is 5.26 Å².